The van der Waals surface area contributed by atoms with Crippen LogP contribution in [-0.4, -0.2) is 33.4 Å². The van der Waals surface area contributed by atoms with Crippen molar-refractivity contribution in [1.82, 2.24) is 20.3 Å². The van der Waals surface area contributed by atoms with Gasteiger partial charge in [-0.05, 0) is 43.0 Å². The monoisotopic (exact) mass is 389 g/mol. The Morgan fingerprint density at radius 2 is 2.07 bits per heavy atom. The SMILES string of the molecule is Cc1ccc(-c2cn(CC3CCC(=O)NC3)nn2)cc1C(=O)Nc1ccccc1. The Morgan fingerprint density at radius 1 is 1.24 bits per heavy atom. The van der Waals surface area contributed by atoms with E-state index in [1.54, 1.807) is 4.68 Å². The van der Waals surface area contributed by atoms with Gasteiger partial charge in [0.2, 0.25) is 5.91 Å². The van der Waals surface area contributed by atoms with Gasteiger partial charge in [-0.1, -0.05) is 35.5 Å². The minimum atomic E-state index is -0.152. The molecule has 1 unspecified atom stereocenters. The predicted molar refractivity (Wildman–Crippen MR) is 110 cm³/mol. The fourth-order valence-electron chi connectivity index (χ4n) is 3.47. The number of carbonyl (C=O) groups excluding carboxylic acids is 2. The summed E-state index contributed by atoms with van der Waals surface area (Å²) in [6.45, 7) is 3.29. The van der Waals surface area contributed by atoms with E-state index in [1.807, 2.05) is 61.7 Å². The number of amides is 2. The molecule has 1 aromatic heterocycles. The Labute approximate surface area is 169 Å². The van der Waals surface area contributed by atoms with Crippen LogP contribution >= 0.6 is 0 Å². The van der Waals surface area contributed by atoms with Gasteiger partial charge in [-0.15, -0.1) is 5.10 Å². The fraction of sp³-hybridized carbons (Fsp3) is 0.273. The van der Waals surface area contributed by atoms with E-state index >= 15 is 0 Å². The van der Waals surface area contributed by atoms with Crippen LogP contribution in [0.4, 0.5) is 5.69 Å². The molecule has 2 amide bonds. The Morgan fingerprint density at radius 3 is 2.83 bits per heavy atom. The quantitative estimate of drug-likeness (QED) is 0.702. The summed E-state index contributed by atoms with van der Waals surface area (Å²) in [4.78, 5) is 24.0. The summed E-state index contributed by atoms with van der Waals surface area (Å²) in [6.07, 6.45) is 3.30. The normalized spacial score (nSPS) is 16.3. The topological polar surface area (TPSA) is 88.9 Å². The van der Waals surface area contributed by atoms with Crippen molar-refractivity contribution < 1.29 is 9.59 Å². The lowest BCUT2D eigenvalue weighted by Crippen LogP contribution is -2.36. The summed E-state index contributed by atoms with van der Waals surface area (Å²) in [6, 6.07) is 15.1. The average molecular weight is 389 g/mol. The number of nitrogens with zero attached hydrogens (tertiary/aromatic N) is 3. The van der Waals surface area contributed by atoms with Crippen LogP contribution in [0.15, 0.2) is 54.7 Å². The molecule has 1 aliphatic rings. The number of anilines is 1. The molecule has 2 N–H and O–H groups in total. The highest BCUT2D eigenvalue weighted by atomic mass is 16.2. The summed E-state index contributed by atoms with van der Waals surface area (Å²) in [5.41, 5.74) is 3.83. The zero-order valence-corrected chi connectivity index (χ0v) is 16.3. The van der Waals surface area contributed by atoms with Gasteiger partial charge in [0.25, 0.3) is 5.91 Å². The number of hydrogen-bond acceptors (Lipinski definition) is 4. The second-order valence-electron chi connectivity index (χ2n) is 7.38. The number of nitrogens with one attached hydrogen (secondary N) is 2. The Bertz CT molecular complexity index is 1020. The van der Waals surface area contributed by atoms with E-state index in [0.717, 1.165) is 28.9 Å². The number of piperidine rings is 1. The number of aromatic nitrogens is 3. The Balaban J connectivity index is 1.49. The molecule has 1 atom stereocenters. The molecule has 2 aromatic carbocycles. The smallest absolute Gasteiger partial charge is 0.255 e. The largest absolute Gasteiger partial charge is 0.356 e. The second-order valence-corrected chi connectivity index (χ2v) is 7.38. The highest BCUT2D eigenvalue weighted by molar-refractivity contribution is 6.05. The van der Waals surface area contributed by atoms with Crippen LogP contribution in [0.2, 0.25) is 0 Å². The lowest BCUT2D eigenvalue weighted by molar-refractivity contribution is -0.123. The number of hydrogen-bond donors (Lipinski definition) is 2. The first-order chi connectivity index (χ1) is 14.1. The van der Waals surface area contributed by atoms with Crippen molar-refractivity contribution in [1.29, 1.82) is 0 Å². The molecule has 1 saturated heterocycles. The molecule has 3 aromatic rings. The van der Waals surface area contributed by atoms with E-state index in [4.69, 9.17) is 0 Å². The van der Waals surface area contributed by atoms with E-state index < -0.39 is 0 Å². The third-order valence-corrected chi connectivity index (χ3v) is 5.16. The molecule has 7 nitrogen and oxygen atoms in total. The Hall–Kier alpha value is -3.48. The molecule has 1 aliphatic heterocycles. The molecule has 0 bridgehead atoms. The number of carbonyl (C=O) groups is 2. The van der Waals surface area contributed by atoms with Crippen molar-refractivity contribution in [2.75, 3.05) is 11.9 Å². The first-order valence-corrected chi connectivity index (χ1v) is 9.73. The minimum Gasteiger partial charge on any atom is -0.356 e. The van der Waals surface area contributed by atoms with Gasteiger partial charge in [0, 0.05) is 36.3 Å². The maximum absolute atomic E-state index is 12.7. The van der Waals surface area contributed by atoms with Crippen molar-refractivity contribution in [3.63, 3.8) is 0 Å². The number of para-hydroxylation sites is 1. The van der Waals surface area contributed by atoms with Gasteiger partial charge in [0.15, 0.2) is 0 Å². The van der Waals surface area contributed by atoms with Gasteiger partial charge < -0.3 is 10.6 Å². The molecular weight excluding hydrogens is 366 g/mol. The van der Waals surface area contributed by atoms with Crippen molar-refractivity contribution >= 4 is 17.5 Å². The third kappa shape index (κ3) is 4.51. The summed E-state index contributed by atoms with van der Waals surface area (Å²) in [7, 11) is 0. The molecule has 0 aliphatic carbocycles. The first kappa shape index (κ1) is 18.9. The maximum Gasteiger partial charge on any atom is 0.255 e. The van der Waals surface area contributed by atoms with Crippen molar-refractivity contribution in [2.24, 2.45) is 5.92 Å². The van der Waals surface area contributed by atoms with Crippen LogP contribution in [0.5, 0.6) is 0 Å². The number of benzene rings is 2. The van der Waals surface area contributed by atoms with Gasteiger partial charge in [0.05, 0.1) is 6.20 Å². The predicted octanol–water partition coefficient (Wildman–Crippen LogP) is 3.03. The van der Waals surface area contributed by atoms with E-state index in [-0.39, 0.29) is 11.8 Å². The first-order valence-electron chi connectivity index (χ1n) is 9.73. The summed E-state index contributed by atoms with van der Waals surface area (Å²) >= 11 is 0. The van der Waals surface area contributed by atoms with Crippen molar-refractivity contribution in [3.05, 3.63) is 65.9 Å². The molecular formula is C22H23N5O2. The third-order valence-electron chi connectivity index (χ3n) is 5.16. The van der Waals surface area contributed by atoms with Gasteiger partial charge in [-0.25, -0.2) is 0 Å². The van der Waals surface area contributed by atoms with Crippen molar-refractivity contribution in [2.45, 2.75) is 26.3 Å². The van der Waals surface area contributed by atoms with Crippen LogP contribution in [0.3, 0.4) is 0 Å². The molecule has 0 spiro atoms. The summed E-state index contributed by atoms with van der Waals surface area (Å²) in [5, 5.41) is 14.3. The van der Waals surface area contributed by atoms with E-state index in [9.17, 15) is 9.59 Å². The van der Waals surface area contributed by atoms with Crippen LogP contribution in [-0.2, 0) is 11.3 Å². The van der Waals surface area contributed by atoms with Gasteiger partial charge >= 0.3 is 0 Å². The maximum atomic E-state index is 12.7. The van der Waals surface area contributed by atoms with Crippen LogP contribution in [0.25, 0.3) is 11.3 Å². The molecule has 2 heterocycles. The zero-order chi connectivity index (χ0) is 20.2. The molecule has 0 radical (unpaired) electrons. The van der Waals surface area contributed by atoms with Crippen LogP contribution in [0.1, 0.15) is 28.8 Å². The summed E-state index contributed by atoms with van der Waals surface area (Å²) < 4.78 is 1.81. The highest BCUT2D eigenvalue weighted by Crippen LogP contribution is 2.22. The van der Waals surface area contributed by atoms with E-state index in [0.29, 0.717) is 31.0 Å². The molecule has 7 heteroatoms. The molecule has 4 rings (SSSR count). The van der Waals surface area contributed by atoms with Crippen LogP contribution < -0.4 is 10.6 Å². The minimum absolute atomic E-state index is 0.112. The molecule has 29 heavy (non-hydrogen) atoms. The fourth-order valence-corrected chi connectivity index (χ4v) is 3.47. The number of rotatable bonds is 5. The Kier molecular flexibility index (Phi) is 5.37. The highest BCUT2D eigenvalue weighted by Gasteiger charge is 2.19. The molecule has 1 fully saturated rings. The second kappa shape index (κ2) is 8.26. The van der Waals surface area contributed by atoms with Crippen molar-refractivity contribution in [3.8, 4) is 11.3 Å². The van der Waals surface area contributed by atoms with E-state index in [1.165, 1.54) is 0 Å². The lowest BCUT2D eigenvalue weighted by Gasteiger charge is -2.21. The average Bonchev–Trinajstić information content (AvgIpc) is 3.19. The van der Waals surface area contributed by atoms with E-state index in [2.05, 4.69) is 20.9 Å². The molecule has 148 valence electrons. The zero-order valence-electron chi connectivity index (χ0n) is 16.3. The van der Waals surface area contributed by atoms with Gasteiger partial charge in [0.1, 0.15) is 5.69 Å². The van der Waals surface area contributed by atoms with Crippen LogP contribution in [0, 0.1) is 12.8 Å². The summed E-state index contributed by atoms with van der Waals surface area (Å²) in [5.74, 6) is 0.315. The van der Waals surface area contributed by atoms with Gasteiger partial charge in [-0.2, -0.15) is 0 Å². The number of aryl methyl sites for hydroxylation is 1. The standard InChI is InChI=1S/C22H23N5O2/c1-15-7-9-17(11-19(15)22(29)24-18-5-3-2-4-6-18)20-14-27(26-25-20)13-16-8-10-21(28)23-12-16/h2-7,9,11,14,16H,8,10,12-13H2,1H3,(H,23,28)(H,24,29). The molecule has 0 saturated carbocycles. The van der Waals surface area contributed by atoms with Gasteiger partial charge in [-0.3, -0.25) is 14.3 Å². The lowest BCUT2D eigenvalue weighted by atomic mass is 9.99.